The molecule has 4 rings (SSSR count). The van der Waals surface area contributed by atoms with Crippen molar-refractivity contribution in [3.63, 3.8) is 0 Å². The molecule has 1 fully saturated rings. The fourth-order valence-electron chi connectivity index (χ4n) is 4.05. The van der Waals surface area contributed by atoms with Gasteiger partial charge in [-0.3, -0.25) is 9.59 Å². The normalized spacial score (nSPS) is 14.4. The van der Waals surface area contributed by atoms with Gasteiger partial charge in [0.25, 0.3) is 5.56 Å². The van der Waals surface area contributed by atoms with E-state index >= 15 is 0 Å². The van der Waals surface area contributed by atoms with Gasteiger partial charge >= 0.3 is 0 Å². The van der Waals surface area contributed by atoms with Gasteiger partial charge in [0, 0.05) is 36.6 Å². The minimum atomic E-state index is -0.208. The lowest BCUT2D eigenvalue weighted by Crippen LogP contribution is -2.09. The fraction of sp³-hybridized carbons (Fsp3) is 0.286. The number of aromatic amines is 1. The third-order valence-electron chi connectivity index (χ3n) is 5.19. The number of carbonyl (C=O) groups is 1. The molecule has 2 aromatic heterocycles. The number of amides is 1. The molecule has 1 aromatic carbocycles. The van der Waals surface area contributed by atoms with Crippen molar-refractivity contribution in [3.05, 3.63) is 52.6 Å². The first-order valence-electron chi connectivity index (χ1n) is 9.13. The number of hydrogen-bond acceptors (Lipinski definition) is 3. The van der Waals surface area contributed by atoms with Crippen LogP contribution in [0.15, 0.2) is 41.5 Å². The Morgan fingerprint density at radius 1 is 1.33 bits per heavy atom. The Morgan fingerprint density at radius 2 is 2.11 bits per heavy atom. The zero-order valence-electron chi connectivity index (χ0n) is 15.1. The monoisotopic (exact) mass is 360 g/mol. The number of nitrogens with one attached hydrogen (secondary N) is 2. The molecule has 0 unspecified atom stereocenters. The third-order valence-corrected chi connectivity index (χ3v) is 5.19. The van der Waals surface area contributed by atoms with Crippen molar-refractivity contribution in [2.24, 2.45) is 0 Å². The van der Waals surface area contributed by atoms with Gasteiger partial charge < -0.3 is 14.9 Å². The Labute approximate surface area is 156 Å². The van der Waals surface area contributed by atoms with Gasteiger partial charge in [-0.1, -0.05) is 25.0 Å². The van der Waals surface area contributed by atoms with Gasteiger partial charge in [-0.05, 0) is 30.5 Å². The van der Waals surface area contributed by atoms with Crippen LogP contribution in [0.25, 0.3) is 22.0 Å². The maximum atomic E-state index is 12.7. The van der Waals surface area contributed by atoms with Gasteiger partial charge in [-0.15, -0.1) is 0 Å². The zero-order valence-corrected chi connectivity index (χ0v) is 15.1. The van der Waals surface area contributed by atoms with Crippen LogP contribution < -0.4 is 10.9 Å². The summed E-state index contributed by atoms with van der Waals surface area (Å²) in [6.45, 7) is 1.46. The van der Waals surface area contributed by atoms with Crippen LogP contribution in [0, 0.1) is 11.3 Å². The van der Waals surface area contributed by atoms with Gasteiger partial charge in [0.05, 0.1) is 16.5 Å². The molecule has 0 aliphatic heterocycles. The van der Waals surface area contributed by atoms with E-state index in [-0.39, 0.29) is 11.5 Å². The maximum Gasteiger partial charge on any atom is 0.258 e. The van der Waals surface area contributed by atoms with E-state index in [9.17, 15) is 14.9 Å². The minimum Gasteiger partial charge on any atom is -0.342 e. The highest BCUT2D eigenvalue weighted by Gasteiger charge is 2.24. The molecule has 0 spiro atoms. The molecule has 1 saturated carbocycles. The maximum absolute atomic E-state index is 12.7. The van der Waals surface area contributed by atoms with Crippen LogP contribution in [0.4, 0.5) is 5.69 Å². The first-order chi connectivity index (χ1) is 13.1. The molecule has 6 nitrogen and oxygen atoms in total. The van der Waals surface area contributed by atoms with Crippen molar-refractivity contribution in [3.8, 4) is 17.2 Å². The summed E-state index contributed by atoms with van der Waals surface area (Å²) in [5.41, 5.74) is 3.26. The number of rotatable bonds is 3. The molecule has 1 aliphatic rings. The number of hydrogen-bond donors (Lipinski definition) is 2. The first kappa shape index (κ1) is 17.1. The van der Waals surface area contributed by atoms with Gasteiger partial charge in [0.2, 0.25) is 5.91 Å². The summed E-state index contributed by atoms with van der Waals surface area (Å²) in [6.07, 6.45) is 7.89. The number of anilines is 1. The molecule has 0 bridgehead atoms. The van der Waals surface area contributed by atoms with Crippen LogP contribution in [0.3, 0.4) is 0 Å². The Hall–Kier alpha value is -3.33. The smallest absolute Gasteiger partial charge is 0.258 e. The number of nitriles is 1. The van der Waals surface area contributed by atoms with Crippen LogP contribution >= 0.6 is 0 Å². The molecular weight excluding hydrogens is 340 g/mol. The lowest BCUT2D eigenvalue weighted by molar-refractivity contribution is -0.114. The van der Waals surface area contributed by atoms with E-state index < -0.39 is 0 Å². The van der Waals surface area contributed by atoms with Crippen molar-refractivity contribution >= 4 is 22.5 Å². The van der Waals surface area contributed by atoms with Crippen molar-refractivity contribution < 1.29 is 4.79 Å². The minimum absolute atomic E-state index is 0.148. The lowest BCUT2D eigenvalue weighted by Gasteiger charge is -2.13. The number of aromatic nitrogens is 2. The van der Waals surface area contributed by atoms with Crippen LogP contribution in [0.2, 0.25) is 0 Å². The number of nitrogens with zero attached hydrogens (tertiary/aromatic N) is 2. The molecule has 136 valence electrons. The molecule has 6 heteroatoms. The van der Waals surface area contributed by atoms with Crippen LogP contribution in [-0.4, -0.2) is 15.5 Å². The topological polar surface area (TPSA) is 90.7 Å². The predicted molar refractivity (Wildman–Crippen MR) is 105 cm³/mol. The third kappa shape index (κ3) is 3.02. The fourth-order valence-corrected chi connectivity index (χ4v) is 4.05. The van der Waals surface area contributed by atoms with Crippen molar-refractivity contribution in [2.75, 3.05) is 5.32 Å². The average molecular weight is 360 g/mol. The Bertz CT molecular complexity index is 1130. The molecule has 27 heavy (non-hydrogen) atoms. The van der Waals surface area contributed by atoms with Crippen molar-refractivity contribution in [1.29, 1.82) is 5.26 Å². The summed E-state index contributed by atoms with van der Waals surface area (Å²) in [7, 11) is 0. The van der Waals surface area contributed by atoms with Gasteiger partial charge in [0.15, 0.2) is 0 Å². The van der Waals surface area contributed by atoms with Crippen LogP contribution in [0.5, 0.6) is 0 Å². The molecule has 2 N–H and O–H groups in total. The summed E-state index contributed by atoms with van der Waals surface area (Å²) < 4.78 is 2.11. The highest BCUT2D eigenvalue weighted by Crippen LogP contribution is 2.38. The number of carbonyl (C=O) groups excluding carboxylic acids is 1. The SMILES string of the molecule is CC(=O)Nc1cccc(-c2cn(C3CCCC3)c3c(C#N)c[nH]c(=O)c23)c1. The molecule has 1 aliphatic carbocycles. The van der Waals surface area contributed by atoms with E-state index in [2.05, 4.69) is 20.9 Å². The van der Waals surface area contributed by atoms with E-state index in [4.69, 9.17) is 0 Å². The summed E-state index contributed by atoms with van der Waals surface area (Å²) >= 11 is 0. The molecule has 3 aromatic rings. The molecule has 2 heterocycles. The van der Waals surface area contributed by atoms with E-state index in [0.29, 0.717) is 28.2 Å². The van der Waals surface area contributed by atoms with Crippen LogP contribution in [0.1, 0.15) is 44.2 Å². The molecule has 0 saturated heterocycles. The molecule has 0 atom stereocenters. The number of pyridine rings is 1. The second-order valence-electron chi connectivity index (χ2n) is 7.02. The number of benzene rings is 1. The Morgan fingerprint density at radius 3 is 2.81 bits per heavy atom. The van der Waals surface area contributed by atoms with E-state index in [1.54, 1.807) is 0 Å². The highest BCUT2D eigenvalue weighted by molar-refractivity contribution is 5.99. The largest absolute Gasteiger partial charge is 0.342 e. The summed E-state index contributed by atoms with van der Waals surface area (Å²) in [5.74, 6) is -0.148. The van der Waals surface area contributed by atoms with Gasteiger partial charge in [-0.25, -0.2) is 0 Å². The summed E-state index contributed by atoms with van der Waals surface area (Å²) in [6, 6.07) is 9.94. The molecule has 0 radical (unpaired) electrons. The second-order valence-corrected chi connectivity index (χ2v) is 7.02. The number of H-pyrrole nitrogens is 1. The molecule has 1 amide bonds. The van der Waals surface area contributed by atoms with E-state index in [1.165, 1.54) is 13.1 Å². The predicted octanol–water partition coefficient (Wildman–Crippen LogP) is 3.94. The quantitative estimate of drug-likeness (QED) is 0.741. The van der Waals surface area contributed by atoms with E-state index in [1.807, 2.05) is 30.5 Å². The Kier molecular flexibility index (Phi) is 4.28. The average Bonchev–Trinajstić information content (AvgIpc) is 3.30. The second kappa shape index (κ2) is 6.76. The standard InChI is InChI=1S/C21H20N4O2/c1-13(26)24-16-6-4-5-14(9-16)18-12-25(17-7-2-3-8-17)20-15(10-22)11-23-21(27)19(18)20/h4-6,9,11-12,17H,2-3,7-8H2,1H3,(H,23,27)(H,24,26). The summed E-state index contributed by atoms with van der Waals surface area (Å²) in [5, 5.41) is 12.9. The number of fused-ring (bicyclic) bond motifs is 1. The summed E-state index contributed by atoms with van der Waals surface area (Å²) in [4.78, 5) is 26.8. The van der Waals surface area contributed by atoms with Gasteiger partial charge in [0.1, 0.15) is 6.07 Å². The lowest BCUT2D eigenvalue weighted by atomic mass is 10.0. The Balaban J connectivity index is 1.98. The van der Waals surface area contributed by atoms with Gasteiger partial charge in [-0.2, -0.15) is 5.26 Å². The van der Waals surface area contributed by atoms with Crippen molar-refractivity contribution in [2.45, 2.75) is 38.6 Å². The van der Waals surface area contributed by atoms with Crippen molar-refractivity contribution in [1.82, 2.24) is 9.55 Å². The highest BCUT2D eigenvalue weighted by atomic mass is 16.1. The first-order valence-corrected chi connectivity index (χ1v) is 9.13. The molecular formula is C21H20N4O2. The van der Waals surface area contributed by atoms with E-state index in [0.717, 1.165) is 36.8 Å². The van der Waals surface area contributed by atoms with Crippen LogP contribution in [-0.2, 0) is 4.79 Å². The zero-order chi connectivity index (χ0) is 19.0.